The maximum Gasteiger partial charge on any atom is 0.227 e. The summed E-state index contributed by atoms with van der Waals surface area (Å²) >= 11 is 1.58. The van der Waals surface area contributed by atoms with E-state index in [9.17, 15) is 13.2 Å². The van der Waals surface area contributed by atoms with Crippen LogP contribution in [0.1, 0.15) is 17.7 Å². The number of thiophene rings is 1. The molecule has 0 bridgehead atoms. The zero-order chi connectivity index (χ0) is 17.0. The van der Waals surface area contributed by atoms with Crippen molar-refractivity contribution in [1.29, 1.82) is 0 Å². The Balaban J connectivity index is 1.58. The molecule has 2 aliphatic heterocycles. The summed E-state index contributed by atoms with van der Waals surface area (Å²) in [4.78, 5) is 15.6. The fraction of sp³-hybridized carbons (Fsp3) is 0.688. The van der Waals surface area contributed by atoms with Gasteiger partial charge in [0, 0.05) is 44.1 Å². The molecule has 0 aromatic carbocycles. The van der Waals surface area contributed by atoms with Crippen LogP contribution in [0.2, 0.25) is 0 Å². The van der Waals surface area contributed by atoms with Crippen LogP contribution in [0.3, 0.4) is 0 Å². The predicted octanol–water partition coefficient (Wildman–Crippen LogP) is 0.764. The molecule has 24 heavy (non-hydrogen) atoms. The smallest absolute Gasteiger partial charge is 0.227 e. The number of piperazine rings is 1. The second-order valence-corrected chi connectivity index (χ2v) is 9.54. The van der Waals surface area contributed by atoms with Crippen molar-refractivity contribution < 1.29 is 13.2 Å². The van der Waals surface area contributed by atoms with E-state index in [0.29, 0.717) is 19.5 Å². The molecule has 0 spiro atoms. The zero-order valence-electron chi connectivity index (χ0n) is 13.8. The second-order valence-electron chi connectivity index (χ2n) is 6.42. The Bertz CT molecular complexity index is 640. The summed E-state index contributed by atoms with van der Waals surface area (Å²) in [5.41, 5.74) is 0. The molecule has 2 fully saturated rings. The van der Waals surface area contributed by atoms with Crippen molar-refractivity contribution in [3.63, 3.8) is 0 Å². The van der Waals surface area contributed by atoms with Gasteiger partial charge in [-0.1, -0.05) is 6.07 Å². The molecule has 1 unspecified atom stereocenters. The number of amides is 1. The van der Waals surface area contributed by atoms with Crippen molar-refractivity contribution in [3.8, 4) is 0 Å². The van der Waals surface area contributed by atoms with Gasteiger partial charge in [-0.25, -0.2) is 12.7 Å². The van der Waals surface area contributed by atoms with Crippen LogP contribution in [-0.4, -0.2) is 68.6 Å². The van der Waals surface area contributed by atoms with Crippen LogP contribution in [0.15, 0.2) is 17.5 Å². The van der Waals surface area contributed by atoms with E-state index in [2.05, 4.69) is 5.32 Å². The lowest BCUT2D eigenvalue weighted by Crippen LogP contribution is -2.52. The lowest BCUT2D eigenvalue weighted by Gasteiger charge is -2.35. The van der Waals surface area contributed by atoms with Gasteiger partial charge in [-0.3, -0.25) is 4.79 Å². The molecular formula is C16H25N3O3S2. The maximum atomic E-state index is 12.6. The Kier molecular flexibility index (Phi) is 5.91. The van der Waals surface area contributed by atoms with Gasteiger partial charge in [0.15, 0.2) is 0 Å². The highest BCUT2D eigenvalue weighted by Crippen LogP contribution is 2.22. The molecule has 2 saturated heterocycles. The quantitative estimate of drug-likeness (QED) is 0.830. The minimum atomic E-state index is -3.30. The second kappa shape index (κ2) is 7.95. The molecule has 134 valence electrons. The molecule has 1 amide bonds. The predicted molar refractivity (Wildman–Crippen MR) is 95.6 cm³/mol. The summed E-state index contributed by atoms with van der Waals surface area (Å²) in [5, 5.41) is 5.20. The molecule has 0 radical (unpaired) electrons. The van der Waals surface area contributed by atoms with Crippen LogP contribution in [0, 0.1) is 5.92 Å². The van der Waals surface area contributed by atoms with Crippen LogP contribution in [-0.2, 0) is 21.2 Å². The Morgan fingerprint density at radius 3 is 2.79 bits per heavy atom. The van der Waals surface area contributed by atoms with Gasteiger partial charge in [0.2, 0.25) is 15.9 Å². The van der Waals surface area contributed by atoms with E-state index in [4.69, 9.17) is 0 Å². The Labute approximate surface area is 147 Å². The molecule has 2 aliphatic rings. The molecule has 0 saturated carbocycles. The van der Waals surface area contributed by atoms with E-state index >= 15 is 0 Å². The molecule has 3 heterocycles. The number of aryl methyl sites for hydroxylation is 1. The number of rotatable bonds is 5. The van der Waals surface area contributed by atoms with E-state index in [1.54, 1.807) is 11.3 Å². The highest BCUT2D eigenvalue weighted by atomic mass is 32.2. The maximum absolute atomic E-state index is 12.6. The monoisotopic (exact) mass is 371 g/mol. The van der Waals surface area contributed by atoms with E-state index in [1.807, 2.05) is 22.4 Å². The molecule has 6 nitrogen and oxygen atoms in total. The lowest BCUT2D eigenvalue weighted by molar-refractivity contribution is -0.137. The number of nitrogens with one attached hydrogen (secondary N) is 1. The van der Waals surface area contributed by atoms with Crippen molar-refractivity contribution in [2.75, 3.05) is 45.0 Å². The molecule has 1 atom stereocenters. The minimum Gasteiger partial charge on any atom is -0.340 e. The van der Waals surface area contributed by atoms with Gasteiger partial charge in [-0.05, 0) is 30.7 Å². The van der Waals surface area contributed by atoms with E-state index in [1.165, 1.54) is 4.31 Å². The van der Waals surface area contributed by atoms with Crippen LogP contribution < -0.4 is 5.32 Å². The standard InChI is InChI=1S/C16H25N3O3S2/c20-16(18-9-6-17-7-10-18)14-3-1-8-19(13-14)24(21,22)12-5-15-4-2-11-23-15/h2,4,11,14,17H,1,3,5-10,12-13H2. The van der Waals surface area contributed by atoms with Crippen LogP contribution in [0.4, 0.5) is 0 Å². The highest BCUT2D eigenvalue weighted by molar-refractivity contribution is 7.89. The first kappa shape index (κ1) is 17.8. The Morgan fingerprint density at radius 2 is 2.08 bits per heavy atom. The van der Waals surface area contributed by atoms with Crippen molar-refractivity contribution in [2.45, 2.75) is 19.3 Å². The first-order valence-corrected chi connectivity index (χ1v) is 11.0. The van der Waals surface area contributed by atoms with Crippen LogP contribution in [0.5, 0.6) is 0 Å². The summed E-state index contributed by atoms with van der Waals surface area (Å²) < 4.78 is 26.8. The van der Waals surface area contributed by atoms with E-state index in [-0.39, 0.29) is 17.6 Å². The van der Waals surface area contributed by atoms with Gasteiger partial charge >= 0.3 is 0 Å². The van der Waals surface area contributed by atoms with Crippen molar-refractivity contribution in [1.82, 2.24) is 14.5 Å². The van der Waals surface area contributed by atoms with E-state index in [0.717, 1.165) is 43.9 Å². The summed E-state index contributed by atoms with van der Waals surface area (Å²) in [6.07, 6.45) is 2.10. The van der Waals surface area contributed by atoms with Crippen molar-refractivity contribution >= 4 is 27.3 Å². The fourth-order valence-corrected chi connectivity index (χ4v) is 5.74. The van der Waals surface area contributed by atoms with E-state index < -0.39 is 10.0 Å². The third kappa shape index (κ3) is 4.36. The topological polar surface area (TPSA) is 69.7 Å². The largest absolute Gasteiger partial charge is 0.340 e. The molecule has 1 aromatic heterocycles. The summed E-state index contributed by atoms with van der Waals surface area (Å²) in [7, 11) is -3.30. The van der Waals surface area contributed by atoms with Crippen LogP contribution >= 0.6 is 11.3 Å². The third-order valence-corrected chi connectivity index (χ3v) is 7.52. The molecule has 1 aromatic rings. The average molecular weight is 372 g/mol. The number of sulfonamides is 1. The van der Waals surface area contributed by atoms with Gasteiger partial charge in [0.05, 0.1) is 11.7 Å². The van der Waals surface area contributed by atoms with Gasteiger partial charge in [0.1, 0.15) is 0 Å². The summed E-state index contributed by atoms with van der Waals surface area (Å²) in [6, 6.07) is 3.91. The molecular weight excluding hydrogens is 346 g/mol. The fourth-order valence-electron chi connectivity index (χ4n) is 3.35. The Morgan fingerprint density at radius 1 is 1.29 bits per heavy atom. The number of hydrogen-bond donors (Lipinski definition) is 1. The van der Waals surface area contributed by atoms with Gasteiger partial charge in [-0.2, -0.15) is 0 Å². The highest BCUT2D eigenvalue weighted by Gasteiger charge is 2.34. The number of piperidine rings is 1. The third-order valence-electron chi connectivity index (χ3n) is 4.74. The van der Waals surface area contributed by atoms with Crippen LogP contribution in [0.25, 0.3) is 0 Å². The normalized spacial score (nSPS) is 23.3. The number of carbonyl (C=O) groups is 1. The average Bonchev–Trinajstić information content (AvgIpc) is 3.14. The van der Waals surface area contributed by atoms with Crippen molar-refractivity contribution in [3.05, 3.63) is 22.4 Å². The lowest BCUT2D eigenvalue weighted by atomic mass is 9.98. The minimum absolute atomic E-state index is 0.120. The SMILES string of the molecule is O=C(C1CCCN(S(=O)(=O)CCc2cccs2)C1)N1CCNCC1. The van der Waals surface area contributed by atoms with Gasteiger partial charge in [0.25, 0.3) is 0 Å². The zero-order valence-corrected chi connectivity index (χ0v) is 15.4. The first-order chi connectivity index (χ1) is 11.6. The number of nitrogens with zero attached hydrogens (tertiary/aromatic N) is 2. The molecule has 1 N–H and O–H groups in total. The summed E-state index contributed by atoms with van der Waals surface area (Å²) in [5.74, 6) is 0.0604. The Hall–Kier alpha value is -0.960. The number of hydrogen-bond acceptors (Lipinski definition) is 5. The first-order valence-electron chi connectivity index (χ1n) is 8.56. The molecule has 3 rings (SSSR count). The van der Waals surface area contributed by atoms with Crippen molar-refractivity contribution in [2.24, 2.45) is 5.92 Å². The molecule has 8 heteroatoms. The summed E-state index contributed by atoms with van der Waals surface area (Å²) in [6.45, 7) is 3.97. The van der Waals surface area contributed by atoms with Gasteiger partial charge in [-0.15, -0.1) is 11.3 Å². The van der Waals surface area contributed by atoms with Gasteiger partial charge < -0.3 is 10.2 Å². The number of carbonyl (C=O) groups excluding carboxylic acids is 1. The molecule has 0 aliphatic carbocycles.